The maximum Gasteiger partial charge on any atom is 0.325 e. The molecule has 1 atom stereocenters. The van der Waals surface area contributed by atoms with Gasteiger partial charge in [0.2, 0.25) is 5.91 Å². The number of hydrogen-bond acceptors (Lipinski definition) is 4. The molecule has 1 aromatic heterocycles. The first kappa shape index (κ1) is 22.2. The van der Waals surface area contributed by atoms with Crippen LogP contribution < -0.4 is 10.6 Å². The highest BCUT2D eigenvalue weighted by molar-refractivity contribution is 6.10. The summed E-state index contributed by atoms with van der Waals surface area (Å²) in [7, 11) is 0. The fourth-order valence-electron chi connectivity index (χ4n) is 4.02. The topological polar surface area (TPSA) is 107 Å². The Hall–Kier alpha value is -4.60. The van der Waals surface area contributed by atoms with Gasteiger partial charge in [-0.05, 0) is 55.0 Å². The minimum Gasteiger partial charge on any atom is -0.338 e. The molecule has 4 aromatic rings. The van der Waals surface area contributed by atoms with Crippen molar-refractivity contribution in [3.8, 4) is 11.4 Å². The van der Waals surface area contributed by atoms with Gasteiger partial charge in [0, 0.05) is 11.3 Å². The zero-order chi connectivity index (χ0) is 24.7. The van der Waals surface area contributed by atoms with Crippen molar-refractivity contribution in [2.45, 2.75) is 12.5 Å². The molecule has 1 aliphatic rings. The van der Waals surface area contributed by atoms with Gasteiger partial charge in [0.15, 0.2) is 0 Å². The van der Waals surface area contributed by atoms with E-state index in [1.165, 1.54) is 43.3 Å². The lowest BCUT2D eigenvalue weighted by Crippen LogP contribution is -2.42. The van der Waals surface area contributed by atoms with Crippen LogP contribution in [-0.4, -0.2) is 39.3 Å². The second-order valence-electron chi connectivity index (χ2n) is 8.33. The Morgan fingerprint density at radius 2 is 1.80 bits per heavy atom. The summed E-state index contributed by atoms with van der Waals surface area (Å²) < 4.78 is 26.8. The van der Waals surface area contributed by atoms with Crippen LogP contribution in [-0.2, 0) is 15.1 Å². The normalized spacial score (nSPS) is 17.6. The van der Waals surface area contributed by atoms with Crippen molar-refractivity contribution in [3.05, 3.63) is 83.9 Å². The van der Waals surface area contributed by atoms with Crippen LogP contribution in [0.1, 0.15) is 12.5 Å². The molecule has 3 N–H and O–H groups in total. The Bertz CT molecular complexity index is 1480. The van der Waals surface area contributed by atoms with Crippen molar-refractivity contribution in [2.75, 3.05) is 11.9 Å². The predicted octanol–water partition coefficient (Wildman–Crippen LogP) is 3.91. The van der Waals surface area contributed by atoms with Gasteiger partial charge in [0.25, 0.3) is 5.91 Å². The van der Waals surface area contributed by atoms with E-state index < -0.39 is 35.7 Å². The van der Waals surface area contributed by atoms with Crippen LogP contribution in [0.2, 0.25) is 0 Å². The molecule has 8 nitrogen and oxygen atoms in total. The maximum atomic E-state index is 13.5. The number of nitrogens with one attached hydrogen (secondary N) is 3. The number of halogens is 2. The summed E-state index contributed by atoms with van der Waals surface area (Å²) in [6.07, 6.45) is 0. The maximum absolute atomic E-state index is 13.5. The first-order valence-electron chi connectivity index (χ1n) is 10.7. The predicted molar refractivity (Wildman–Crippen MR) is 124 cm³/mol. The Morgan fingerprint density at radius 3 is 2.54 bits per heavy atom. The summed E-state index contributed by atoms with van der Waals surface area (Å²) in [5.74, 6) is -1.58. The number of rotatable bonds is 5. The Labute approximate surface area is 198 Å². The molecule has 10 heteroatoms. The molecule has 176 valence electrons. The standard InChI is InChI=1S/C25H19F2N5O3/c1-25(15-5-7-16(26)8-6-15)23(34)32(24(35)31-25)13-21(33)28-18-9-10-19-20(12-18)30-22(29-19)14-3-2-4-17(27)11-14/h2-12H,13H2,1H3,(H,28,33)(H,29,30)(H,31,35). The number of aromatic amines is 1. The Kier molecular flexibility index (Phi) is 5.28. The summed E-state index contributed by atoms with van der Waals surface area (Å²) in [4.78, 5) is 46.4. The van der Waals surface area contributed by atoms with Crippen molar-refractivity contribution in [1.29, 1.82) is 0 Å². The molecule has 35 heavy (non-hydrogen) atoms. The summed E-state index contributed by atoms with van der Waals surface area (Å²) in [6, 6.07) is 15.5. The van der Waals surface area contributed by atoms with Crippen LogP contribution in [0.25, 0.3) is 22.4 Å². The van der Waals surface area contributed by atoms with Gasteiger partial charge in [-0.15, -0.1) is 0 Å². The largest absolute Gasteiger partial charge is 0.338 e. The average molecular weight is 475 g/mol. The van der Waals surface area contributed by atoms with E-state index in [0.717, 1.165) is 4.90 Å². The Morgan fingerprint density at radius 1 is 1.03 bits per heavy atom. The number of hydrogen-bond donors (Lipinski definition) is 3. The second-order valence-corrected chi connectivity index (χ2v) is 8.33. The molecular weight excluding hydrogens is 456 g/mol. The van der Waals surface area contributed by atoms with Crippen molar-refractivity contribution in [3.63, 3.8) is 0 Å². The smallest absolute Gasteiger partial charge is 0.325 e. The lowest BCUT2D eigenvalue weighted by Gasteiger charge is -2.22. The second kappa shape index (κ2) is 8.32. The molecule has 0 saturated carbocycles. The number of benzene rings is 3. The molecule has 0 radical (unpaired) electrons. The number of fused-ring (bicyclic) bond motifs is 1. The minimum atomic E-state index is -1.41. The van der Waals surface area contributed by atoms with Crippen LogP contribution in [0.15, 0.2) is 66.7 Å². The van der Waals surface area contributed by atoms with Crippen LogP contribution in [0.5, 0.6) is 0 Å². The highest BCUT2D eigenvalue weighted by atomic mass is 19.1. The molecular formula is C25H19F2N5O3. The van der Waals surface area contributed by atoms with Gasteiger partial charge in [-0.1, -0.05) is 24.3 Å². The van der Waals surface area contributed by atoms with Crippen LogP contribution >= 0.6 is 0 Å². The molecule has 0 bridgehead atoms. The molecule has 0 spiro atoms. The quantitative estimate of drug-likeness (QED) is 0.381. The highest BCUT2D eigenvalue weighted by Crippen LogP contribution is 2.29. The number of carbonyl (C=O) groups excluding carboxylic acids is 3. The molecule has 1 fully saturated rings. The van der Waals surface area contributed by atoms with Crippen LogP contribution in [0.4, 0.5) is 19.3 Å². The fraction of sp³-hybridized carbons (Fsp3) is 0.120. The molecule has 3 aromatic carbocycles. The van der Waals surface area contributed by atoms with Gasteiger partial charge in [-0.25, -0.2) is 18.6 Å². The van der Waals surface area contributed by atoms with Crippen molar-refractivity contribution < 1.29 is 23.2 Å². The van der Waals surface area contributed by atoms with Gasteiger partial charge in [-0.3, -0.25) is 14.5 Å². The molecule has 1 aliphatic heterocycles. The average Bonchev–Trinajstić information content (AvgIpc) is 3.34. The first-order valence-corrected chi connectivity index (χ1v) is 10.7. The van der Waals surface area contributed by atoms with E-state index >= 15 is 0 Å². The van der Waals surface area contributed by atoms with E-state index in [2.05, 4.69) is 20.6 Å². The zero-order valence-corrected chi connectivity index (χ0v) is 18.4. The van der Waals surface area contributed by atoms with Crippen molar-refractivity contribution in [2.24, 2.45) is 0 Å². The monoisotopic (exact) mass is 475 g/mol. The molecule has 2 heterocycles. The first-order chi connectivity index (χ1) is 16.7. The fourth-order valence-corrected chi connectivity index (χ4v) is 4.02. The Balaban J connectivity index is 1.31. The van der Waals surface area contributed by atoms with Gasteiger partial charge >= 0.3 is 6.03 Å². The molecule has 1 unspecified atom stereocenters. The lowest BCUT2D eigenvalue weighted by molar-refractivity contribution is -0.133. The summed E-state index contributed by atoms with van der Waals surface area (Å²) in [5.41, 5.74) is 1.22. The van der Waals surface area contributed by atoms with Crippen molar-refractivity contribution in [1.82, 2.24) is 20.2 Å². The number of anilines is 1. The summed E-state index contributed by atoms with van der Waals surface area (Å²) in [5, 5.41) is 5.24. The van der Waals surface area contributed by atoms with E-state index in [1.54, 1.807) is 30.3 Å². The van der Waals surface area contributed by atoms with E-state index in [1.807, 2.05) is 0 Å². The lowest BCUT2D eigenvalue weighted by atomic mass is 9.92. The third-order valence-corrected chi connectivity index (χ3v) is 5.86. The molecule has 0 aliphatic carbocycles. The zero-order valence-electron chi connectivity index (χ0n) is 18.4. The van der Waals surface area contributed by atoms with Crippen LogP contribution in [0, 0.1) is 11.6 Å². The van der Waals surface area contributed by atoms with E-state index in [-0.39, 0.29) is 5.82 Å². The number of urea groups is 1. The van der Waals surface area contributed by atoms with Crippen molar-refractivity contribution >= 4 is 34.6 Å². The van der Waals surface area contributed by atoms with Crippen LogP contribution in [0.3, 0.4) is 0 Å². The number of carbonyl (C=O) groups is 3. The number of amides is 4. The van der Waals surface area contributed by atoms with E-state index in [9.17, 15) is 23.2 Å². The number of imidazole rings is 1. The third-order valence-electron chi connectivity index (χ3n) is 5.86. The summed E-state index contributed by atoms with van der Waals surface area (Å²) >= 11 is 0. The van der Waals surface area contributed by atoms with Gasteiger partial charge in [-0.2, -0.15) is 0 Å². The number of imide groups is 1. The number of H-pyrrole nitrogens is 1. The molecule has 1 saturated heterocycles. The molecule has 4 amide bonds. The van der Waals surface area contributed by atoms with Gasteiger partial charge in [0.05, 0.1) is 11.0 Å². The van der Waals surface area contributed by atoms with E-state index in [0.29, 0.717) is 33.7 Å². The highest BCUT2D eigenvalue weighted by Gasteiger charge is 2.49. The van der Waals surface area contributed by atoms with Gasteiger partial charge in [0.1, 0.15) is 29.5 Å². The molecule has 5 rings (SSSR count). The number of aromatic nitrogens is 2. The SMILES string of the molecule is CC1(c2ccc(F)cc2)NC(=O)N(CC(=O)Nc2ccc3nc(-c4cccc(F)c4)[nH]c3c2)C1=O. The van der Waals surface area contributed by atoms with Gasteiger partial charge < -0.3 is 15.6 Å². The number of nitrogens with zero attached hydrogens (tertiary/aromatic N) is 2. The summed E-state index contributed by atoms with van der Waals surface area (Å²) in [6.45, 7) is 0.998. The minimum absolute atomic E-state index is 0.382. The third kappa shape index (κ3) is 4.10. The van der Waals surface area contributed by atoms with E-state index in [4.69, 9.17) is 0 Å².